The van der Waals surface area contributed by atoms with E-state index in [0.29, 0.717) is 12.8 Å². The third-order valence-corrected chi connectivity index (χ3v) is 1.30. The Hall–Kier alpha value is -1.06. The van der Waals surface area contributed by atoms with E-state index in [1.807, 2.05) is 6.92 Å². The van der Waals surface area contributed by atoms with Crippen molar-refractivity contribution >= 4 is 11.9 Å². The molecule has 0 fully saturated rings. The zero-order valence-electron chi connectivity index (χ0n) is 7.62. The number of hydrogen-bond donors (Lipinski definition) is 0. The first-order valence-corrected chi connectivity index (χ1v) is 3.89. The van der Waals surface area contributed by atoms with Crippen LogP contribution in [0.15, 0.2) is 0 Å². The summed E-state index contributed by atoms with van der Waals surface area (Å²) < 4.78 is 9.10. The van der Waals surface area contributed by atoms with Gasteiger partial charge in [-0.1, -0.05) is 6.92 Å². The Labute approximate surface area is 71.8 Å². The molecule has 0 amide bonds. The van der Waals surface area contributed by atoms with Crippen LogP contribution in [-0.4, -0.2) is 25.2 Å². The second kappa shape index (κ2) is 5.57. The van der Waals surface area contributed by atoms with E-state index < -0.39 is 12.1 Å². The number of esters is 2. The molecule has 0 aromatic rings. The van der Waals surface area contributed by atoms with Crippen molar-refractivity contribution in [3.63, 3.8) is 0 Å². The van der Waals surface area contributed by atoms with Crippen LogP contribution in [0, 0.1) is 0 Å². The van der Waals surface area contributed by atoms with Gasteiger partial charge in [0.25, 0.3) is 0 Å². The summed E-state index contributed by atoms with van der Waals surface area (Å²) in [6, 6.07) is 0. The second-order valence-corrected chi connectivity index (χ2v) is 2.41. The van der Waals surface area contributed by atoms with Crippen LogP contribution in [0.5, 0.6) is 0 Å². The molecule has 0 N–H and O–H groups in total. The molecule has 0 saturated heterocycles. The van der Waals surface area contributed by atoms with Crippen LogP contribution >= 0.6 is 0 Å². The predicted molar refractivity (Wildman–Crippen MR) is 42.5 cm³/mol. The zero-order valence-corrected chi connectivity index (χ0v) is 7.62. The van der Waals surface area contributed by atoms with Crippen LogP contribution in [0.3, 0.4) is 0 Å². The molecular formula is C8H14O4. The molecule has 0 aromatic carbocycles. The van der Waals surface area contributed by atoms with Gasteiger partial charge in [-0.2, -0.15) is 0 Å². The molecule has 0 heterocycles. The van der Waals surface area contributed by atoms with Gasteiger partial charge in [0, 0.05) is 6.42 Å². The summed E-state index contributed by atoms with van der Waals surface area (Å²) in [7, 11) is 1.26. The van der Waals surface area contributed by atoms with Crippen LogP contribution in [0.1, 0.15) is 26.7 Å². The van der Waals surface area contributed by atoms with Gasteiger partial charge in [-0.25, -0.2) is 4.79 Å². The van der Waals surface area contributed by atoms with Crippen LogP contribution < -0.4 is 0 Å². The molecule has 4 nitrogen and oxygen atoms in total. The highest BCUT2D eigenvalue weighted by molar-refractivity contribution is 5.78. The third-order valence-electron chi connectivity index (χ3n) is 1.30. The van der Waals surface area contributed by atoms with Crippen LogP contribution in [0.4, 0.5) is 0 Å². The van der Waals surface area contributed by atoms with E-state index >= 15 is 0 Å². The summed E-state index contributed by atoms with van der Waals surface area (Å²) in [6.07, 6.45) is 0.252. The summed E-state index contributed by atoms with van der Waals surface area (Å²) in [4.78, 5) is 21.6. The molecule has 0 unspecified atom stereocenters. The smallest absolute Gasteiger partial charge is 0.346 e. The normalized spacial score (nSPS) is 11.9. The lowest BCUT2D eigenvalue weighted by molar-refractivity contribution is -0.164. The highest BCUT2D eigenvalue weighted by Crippen LogP contribution is 1.98. The van der Waals surface area contributed by atoms with Gasteiger partial charge < -0.3 is 9.47 Å². The molecule has 0 aliphatic heterocycles. The first kappa shape index (κ1) is 10.9. The molecule has 0 aliphatic rings. The maximum absolute atomic E-state index is 10.8. The highest BCUT2D eigenvalue weighted by Gasteiger charge is 2.16. The maximum atomic E-state index is 10.8. The zero-order chi connectivity index (χ0) is 9.56. The fraction of sp³-hybridized carbons (Fsp3) is 0.750. The Morgan fingerprint density at radius 2 is 2.00 bits per heavy atom. The van der Waals surface area contributed by atoms with Gasteiger partial charge >= 0.3 is 11.9 Å². The van der Waals surface area contributed by atoms with Gasteiger partial charge in [0.15, 0.2) is 6.10 Å². The number of hydrogen-bond acceptors (Lipinski definition) is 4. The minimum atomic E-state index is -0.797. The fourth-order valence-electron chi connectivity index (χ4n) is 0.674. The highest BCUT2D eigenvalue weighted by atomic mass is 16.6. The SMILES string of the molecule is CCCC(=O)O[C@@H](C)C(=O)OC. The van der Waals surface area contributed by atoms with Crippen LogP contribution in [-0.2, 0) is 19.1 Å². The second-order valence-electron chi connectivity index (χ2n) is 2.41. The quantitative estimate of drug-likeness (QED) is 0.594. The van der Waals surface area contributed by atoms with Crippen molar-refractivity contribution in [3.8, 4) is 0 Å². The van der Waals surface area contributed by atoms with E-state index in [9.17, 15) is 9.59 Å². The van der Waals surface area contributed by atoms with E-state index in [2.05, 4.69) is 4.74 Å². The molecule has 0 bridgehead atoms. The average Bonchev–Trinajstić information content (AvgIpc) is 2.03. The molecule has 0 saturated carbocycles. The first-order chi connectivity index (χ1) is 5.61. The number of methoxy groups -OCH3 is 1. The number of ether oxygens (including phenoxy) is 2. The topological polar surface area (TPSA) is 52.6 Å². The van der Waals surface area contributed by atoms with Crippen LogP contribution in [0.25, 0.3) is 0 Å². The number of carbonyl (C=O) groups is 2. The van der Waals surface area contributed by atoms with E-state index in [0.717, 1.165) is 0 Å². The Kier molecular flexibility index (Phi) is 5.08. The average molecular weight is 174 g/mol. The van der Waals surface area contributed by atoms with Crippen molar-refractivity contribution in [1.82, 2.24) is 0 Å². The van der Waals surface area contributed by atoms with E-state index in [4.69, 9.17) is 4.74 Å². The van der Waals surface area contributed by atoms with Crippen molar-refractivity contribution in [1.29, 1.82) is 0 Å². The van der Waals surface area contributed by atoms with Gasteiger partial charge in [-0.15, -0.1) is 0 Å². The Morgan fingerprint density at radius 3 is 2.42 bits per heavy atom. The summed E-state index contributed by atoms with van der Waals surface area (Å²) in [5.41, 5.74) is 0. The molecule has 12 heavy (non-hydrogen) atoms. The summed E-state index contributed by atoms with van der Waals surface area (Å²) in [6.45, 7) is 3.35. The molecule has 70 valence electrons. The van der Waals surface area contributed by atoms with E-state index in [1.165, 1.54) is 14.0 Å². The van der Waals surface area contributed by atoms with Crippen molar-refractivity contribution in [3.05, 3.63) is 0 Å². The van der Waals surface area contributed by atoms with Crippen molar-refractivity contribution in [2.45, 2.75) is 32.8 Å². The van der Waals surface area contributed by atoms with Crippen molar-refractivity contribution in [2.24, 2.45) is 0 Å². The molecule has 0 aliphatic carbocycles. The van der Waals surface area contributed by atoms with Gasteiger partial charge in [0.05, 0.1) is 7.11 Å². The molecule has 0 radical (unpaired) electrons. The predicted octanol–water partition coefficient (Wildman–Crippen LogP) is 0.891. The maximum Gasteiger partial charge on any atom is 0.346 e. The third kappa shape index (κ3) is 3.95. The molecule has 0 aromatic heterocycles. The Bertz CT molecular complexity index is 164. The van der Waals surface area contributed by atoms with E-state index in [1.54, 1.807) is 0 Å². The fourth-order valence-corrected chi connectivity index (χ4v) is 0.674. The monoisotopic (exact) mass is 174 g/mol. The molecule has 4 heteroatoms. The van der Waals surface area contributed by atoms with Crippen molar-refractivity contribution < 1.29 is 19.1 Å². The lowest BCUT2D eigenvalue weighted by atomic mass is 10.3. The summed E-state index contributed by atoms with van der Waals surface area (Å²) in [5.74, 6) is -0.894. The first-order valence-electron chi connectivity index (χ1n) is 3.89. The number of carbonyl (C=O) groups excluding carboxylic acids is 2. The van der Waals surface area contributed by atoms with Gasteiger partial charge in [-0.05, 0) is 13.3 Å². The minimum absolute atomic E-state index is 0.335. The largest absolute Gasteiger partial charge is 0.466 e. The Morgan fingerprint density at radius 1 is 1.42 bits per heavy atom. The summed E-state index contributed by atoms with van der Waals surface area (Å²) in [5, 5.41) is 0. The van der Waals surface area contributed by atoms with Gasteiger partial charge in [0.1, 0.15) is 0 Å². The molecule has 0 rings (SSSR count). The standard InChI is InChI=1S/C8H14O4/c1-4-5-7(9)12-6(2)8(10)11-3/h6H,4-5H2,1-3H3/t6-/m0/s1. The lowest BCUT2D eigenvalue weighted by Gasteiger charge is -2.09. The van der Waals surface area contributed by atoms with E-state index in [-0.39, 0.29) is 5.97 Å². The number of rotatable bonds is 4. The Balaban J connectivity index is 3.75. The van der Waals surface area contributed by atoms with Crippen LogP contribution in [0.2, 0.25) is 0 Å². The van der Waals surface area contributed by atoms with Gasteiger partial charge in [0.2, 0.25) is 0 Å². The van der Waals surface area contributed by atoms with Gasteiger partial charge in [-0.3, -0.25) is 4.79 Å². The van der Waals surface area contributed by atoms with Crippen molar-refractivity contribution in [2.75, 3.05) is 7.11 Å². The minimum Gasteiger partial charge on any atom is -0.466 e. The summed E-state index contributed by atoms with van der Waals surface area (Å²) >= 11 is 0. The molecule has 1 atom stereocenters. The molecular weight excluding hydrogens is 160 g/mol. The lowest BCUT2D eigenvalue weighted by Crippen LogP contribution is -2.25. The molecule has 0 spiro atoms.